The third-order valence-electron chi connectivity index (χ3n) is 5.65. The van der Waals surface area contributed by atoms with Gasteiger partial charge in [0.05, 0.1) is 5.56 Å². The minimum Gasteiger partial charge on any atom is -0.289 e. The highest BCUT2D eigenvalue weighted by atomic mass is 19.4. The zero-order valence-corrected chi connectivity index (χ0v) is 14.8. The van der Waals surface area contributed by atoms with Gasteiger partial charge in [-0.1, -0.05) is 42.5 Å². The topological polar surface area (TPSA) is 3.24 Å². The summed E-state index contributed by atoms with van der Waals surface area (Å²) in [7, 11) is 0. The summed E-state index contributed by atoms with van der Waals surface area (Å²) >= 11 is 0. The Morgan fingerprint density at radius 2 is 1.81 bits per heavy atom. The van der Waals surface area contributed by atoms with Gasteiger partial charge in [0.1, 0.15) is 0 Å². The van der Waals surface area contributed by atoms with Crippen molar-refractivity contribution in [1.82, 2.24) is 4.90 Å². The van der Waals surface area contributed by atoms with Crippen LogP contribution in [-0.2, 0) is 12.7 Å². The first-order chi connectivity index (χ1) is 12.4. The summed E-state index contributed by atoms with van der Waals surface area (Å²) in [5.74, 6) is 0. The van der Waals surface area contributed by atoms with Crippen LogP contribution in [0.5, 0.6) is 0 Å². The van der Waals surface area contributed by atoms with Crippen LogP contribution in [0.15, 0.2) is 54.6 Å². The maximum Gasteiger partial charge on any atom is 0.416 e. The molecule has 2 heterocycles. The van der Waals surface area contributed by atoms with Gasteiger partial charge in [0, 0.05) is 18.6 Å². The molecule has 1 fully saturated rings. The summed E-state index contributed by atoms with van der Waals surface area (Å²) in [5.41, 5.74) is 3.63. The van der Waals surface area contributed by atoms with Crippen LogP contribution in [-0.4, -0.2) is 17.0 Å². The van der Waals surface area contributed by atoms with Crippen molar-refractivity contribution in [1.29, 1.82) is 0 Å². The minimum atomic E-state index is -4.28. The lowest BCUT2D eigenvalue weighted by Crippen LogP contribution is -2.37. The van der Waals surface area contributed by atoms with E-state index in [9.17, 15) is 13.2 Å². The van der Waals surface area contributed by atoms with Gasteiger partial charge in [0.25, 0.3) is 0 Å². The summed E-state index contributed by atoms with van der Waals surface area (Å²) in [6.45, 7) is 2.72. The van der Waals surface area contributed by atoms with Crippen LogP contribution in [0.25, 0.3) is 5.57 Å². The Hall–Kier alpha value is -2.07. The maximum atomic E-state index is 12.9. The van der Waals surface area contributed by atoms with Crippen LogP contribution < -0.4 is 0 Å². The number of fused-ring (bicyclic) bond motifs is 2. The van der Waals surface area contributed by atoms with Gasteiger partial charge in [-0.3, -0.25) is 4.90 Å². The van der Waals surface area contributed by atoms with Gasteiger partial charge in [-0.05, 0) is 60.6 Å². The predicted molar refractivity (Wildman–Crippen MR) is 97.6 cm³/mol. The number of hydrogen-bond donors (Lipinski definition) is 0. The Bertz CT molecular complexity index is 823. The van der Waals surface area contributed by atoms with Crippen molar-refractivity contribution in [2.75, 3.05) is 0 Å². The van der Waals surface area contributed by atoms with Gasteiger partial charge >= 0.3 is 6.18 Å². The van der Waals surface area contributed by atoms with Crippen molar-refractivity contribution in [3.05, 3.63) is 76.9 Å². The van der Waals surface area contributed by atoms with Crippen LogP contribution in [0.2, 0.25) is 0 Å². The Morgan fingerprint density at radius 3 is 2.46 bits per heavy atom. The summed E-state index contributed by atoms with van der Waals surface area (Å²) < 4.78 is 38.7. The highest BCUT2D eigenvalue weighted by Crippen LogP contribution is 2.41. The fourth-order valence-electron chi connectivity index (χ4n) is 4.36. The molecule has 0 saturated carbocycles. The molecule has 26 heavy (non-hydrogen) atoms. The van der Waals surface area contributed by atoms with E-state index in [1.165, 1.54) is 23.3 Å². The van der Waals surface area contributed by atoms with Crippen molar-refractivity contribution in [3.63, 3.8) is 0 Å². The second-order valence-corrected chi connectivity index (χ2v) is 7.38. The number of benzene rings is 2. The molecule has 1 saturated heterocycles. The Kier molecular flexibility index (Phi) is 4.39. The monoisotopic (exact) mass is 357 g/mol. The number of rotatable bonds is 3. The quantitative estimate of drug-likeness (QED) is 0.668. The summed E-state index contributed by atoms with van der Waals surface area (Å²) in [4.78, 5) is 2.54. The number of hydrogen-bond acceptors (Lipinski definition) is 1. The van der Waals surface area contributed by atoms with Gasteiger partial charge in [0.2, 0.25) is 0 Å². The fourth-order valence-corrected chi connectivity index (χ4v) is 4.36. The van der Waals surface area contributed by atoms with E-state index in [-0.39, 0.29) is 0 Å². The number of alkyl halides is 3. The molecule has 0 N–H and O–H groups in total. The molecule has 2 bridgehead atoms. The molecule has 4 rings (SSSR count). The lowest BCUT2D eigenvalue weighted by molar-refractivity contribution is -0.137. The molecule has 0 aromatic heterocycles. The van der Waals surface area contributed by atoms with Crippen molar-refractivity contribution < 1.29 is 13.2 Å². The first kappa shape index (κ1) is 17.3. The largest absolute Gasteiger partial charge is 0.416 e. The van der Waals surface area contributed by atoms with E-state index in [0.717, 1.165) is 31.4 Å². The van der Waals surface area contributed by atoms with E-state index in [0.29, 0.717) is 17.6 Å². The molecule has 0 spiro atoms. The number of nitrogens with zero attached hydrogens (tertiary/aromatic N) is 1. The van der Waals surface area contributed by atoms with E-state index in [1.807, 2.05) is 6.07 Å². The highest BCUT2D eigenvalue weighted by molar-refractivity contribution is 5.70. The van der Waals surface area contributed by atoms with Crippen molar-refractivity contribution in [2.45, 2.75) is 51.0 Å². The first-order valence-corrected chi connectivity index (χ1v) is 9.10. The summed E-state index contributed by atoms with van der Waals surface area (Å²) in [5, 5.41) is 0. The standard InChI is InChI=1S/C22H22F3N/c1-15-11-18(22(23,24)25)7-10-21(15)17-12-19-8-9-20(13-17)26(19)14-16-5-3-2-4-6-16/h2-7,10-12,19-20H,8-9,13-14H2,1H3. The Morgan fingerprint density at radius 1 is 1.04 bits per heavy atom. The van der Waals surface area contributed by atoms with Crippen molar-refractivity contribution in [2.24, 2.45) is 0 Å². The number of aryl methyl sites for hydroxylation is 1. The molecule has 2 aromatic rings. The first-order valence-electron chi connectivity index (χ1n) is 9.10. The van der Waals surface area contributed by atoms with Crippen LogP contribution >= 0.6 is 0 Å². The van der Waals surface area contributed by atoms with E-state index < -0.39 is 11.7 Å². The molecule has 2 aromatic carbocycles. The molecule has 2 aliphatic rings. The van der Waals surface area contributed by atoms with Crippen molar-refractivity contribution >= 4 is 5.57 Å². The zero-order valence-electron chi connectivity index (χ0n) is 14.8. The molecule has 1 nitrogen and oxygen atoms in total. The molecule has 2 unspecified atom stereocenters. The number of halogens is 3. The predicted octanol–water partition coefficient (Wildman–Crippen LogP) is 5.83. The third-order valence-corrected chi connectivity index (χ3v) is 5.65. The lowest BCUT2D eigenvalue weighted by Gasteiger charge is -2.34. The van der Waals surface area contributed by atoms with Crippen LogP contribution in [0, 0.1) is 6.92 Å². The third kappa shape index (κ3) is 3.30. The summed E-state index contributed by atoms with van der Waals surface area (Å²) in [6, 6.07) is 15.4. The van der Waals surface area contributed by atoms with Gasteiger partial charge < -0.3 is 0 Å². The van der Waals surface area contributed by atoms with Crippen LogP contribution in [0.4, 0.5) is 13.2 Å². The highest BCUT2D eigenvalue weighted by Gasteiger charge is 2.37. The smallest absolute Gasteiger partial charge is 0.289 e. The maximum absolute atomic E-state index is 12.9. The molecule has 2 atom stereocenters. The molecule has 136 valence electrons. The van der Waals surface area contributed by atoms with E-state index in [2.05, 4.69) is 35.2 Å². The molecule has 2 aliphatic heterocycles. The van der Waals surface area contributed by atoms with Gasteiger partial charge in [-0.2, -0.15) is 13.2 Å². The zero-order chi connectivity index (χ0) is 18.3. The summed E-state index contributed by atoms with van der Waals surface area (Å²) in [6.07, 6.45) is 1.19. The van der Waals surface area contributed by atoms with Crippen LogP contribution in [0.3, 0.4) is 0 Å². The molecule has 4 heteroatoms. The van der Waals surface area contributed by atoms with Gasteiger partial charge in [0.15, 0.2) is 0 Å². The SMILES string of the molecule is Cc1cc(C(F)(F)F)ccc1C1=CC2CCC(C1)N2Cc1ccccc1. The molecular formula is C22H22F3N. The second kappa shape index (κ2) is 6.58. The normalized spacial score (nSPS) is 23.2. The molecular weight excluding hydrogens is 335 g/mol. The van der Waals surface area contributed by atoms with Crippen molar-refractivity contribution in [3.8, 4) is 0 Å². The van der Waals surface area contributed by atoms with E-state index in [1.54, 1.807) is 13.0 Å². The van der Waals surface area contributed by atoms with Gasteiger partial charge in [-0.25, -0.2) is 0 Å². The average molecular weight is 357 g/mol. The van der Waals surface area contributed by atoms with E-state index >= 15 is 0 Å². The average Bonchev–Trinajstić information content (AvgIpc) is 2.83. The molecule has 0 radical (unpaired) electrons. The Balaban J connectivity index is 1.58. The molecule has 0 aliphatic carbocycles. The second-order valence-electron chi connectivity index (χ2n) is 7.38. The van der Waals surface area contributed by atoms with Crippen LogP contribution in [0.1, 0.15) is 41.5 Å². The minimum absolute atomic E-state index is 0.380. The van der Waals surface area contributed by atoms with E-state index in [4.69, 9.17) is 0 Å². The fraction of sp³-hybridized carbons (Fsp3) is 0.364. The Labute approximate surface area is 152 Å². The molecule has 0 amide bonds. The van der Waals surface area contributed by atoms with Gasteiger partial charge in [-0.15, -0.1) is 0 Å². The lowest BCUT2D eigenvalue weighted by atomic mass is 9.90.